The Hall–Kier alpha value is -2.61. The van der Waals surface area contributed by atoms with Crippen LogP contribution in [-0.2, 0) is 16.1 Å². The largest absolute Gasteiger partial charge is 0.485 e. The van der Waals surface area contributed by atoms with Crippen molar-refractivity contribution >= 4 is 17.8 Å². The second-order valence-corrected chi connectivity index (χ2v) is 9.40. The molecule has 1 aromatic carbocycles. The Kier molecular flexibility index (Phi) is 5.00. The van der Waals surface area contributed by atoms with Gasteiger partial charge in [0.05, 0.1) is 6.54 Å². The van der Waals surface area contributed by atoms with Gasteiger partial charge in [-0.25, -0.2) is 4.79 Å². The number of nitrogens with one attached hydrogen (secondary N) is 1. The van der Waals surface area contributed by atoms with E-state index in [2.05, 4.69) is 17.3 Å². The molecule has 3 aliphatic rings. The van der Waals surface area contributed by atoms with E-state index in [1.54, 1.807) is 18.7 Å². The van der Waals surface area contributed by atoms with Gasteiger partial charge in [-0.1, -0.05) is 17.7 Å². The first kappa shape index (κ1) is 20.7. The maximum Gasteiger partial charge on any atom is 0.325 e. The van der Waals surface area contributed by atoms with E-state index in [9.17, 15) is 14.4 Å². The number of aryl methyl sites for hydroxylation is 1. The van der Waals surface area contributed by atoms with E-state index in [1.165, 1.54) is 0 Å². The molecule has 0 saturated carbocycles. The van der Waals surface area contributed by atoms with Crippen molar-refractivity contribution in [2.24, 2.45) is 0 Å². The highest BCUT2D eigenvalue weighted by molar-refractivity contribution is 6.08. The second-order valence-electron chi connectivity index (χ2n) is 9.40. The van der Waals surface area contributed by atoms with Crippen LogP contribution in [0.2, 0.25) is 0 Å². The van der Waals surface area contributed by atoms with Gasteiger partial charge in [0.2, 0.25) is 5.91 Å². The average Bonchev–Trinajstić information content (AvgIpc) is 2.81. The molecule has 1 spiro atoms. The zero-order valence-corrected chi connectivity index (χ0v) is 18.2. The van der Waals surface area contributed by atoms with E-state index < -0.39 is 17.2 Å². The van der Waals surface area contributed by atoms with Gasteiger partial charge in [-0.05, 0) is 33.9 Å². The van der Waals surface area contributed by atoms with Crippen molar-refractivity contribution in [1.82, 2.24) is 20.0 Å². The fourth-order valence-electron chi connectivity index (χ4n) is 4.47. The third-order valence-corrected chi connectivity index (χ3v) is 6.37. The maximum atomic E-state index is 13.3. The molecule has 3 heterocycles. The molecular weight excluding hydrogens is 384 g/mol. The third-order valence-electron chi connectivity index (χ3n) is 6.37. The van der Waals surface area contributed by atoms with Gasteiger partial charge < -0.3 is 19.9 Å². The van der Waals surface area contributed by atoms with Gasteiger partial charge in [-0.15, -0.1) is 0 Å². The Balaban J connectivity index is 1.60. The summed E-state index contributed by atoms with van der Waals surface area (Å²) in [6.07, 6.45) is 1.63. The molecule has 0 bridgehead atoms. The van der Waals surface area contributed by atoms with Crippen molar-refractivity contribution in [3.8, 4) is 5.75 Å². The van der Waals surface area contributed by atoms with Crippen molar-refractivity contribution in [3.63, 3.8) is 0 Å². The molecule has 2 fully saturated rings. The van der Waals surface area contributed by atoms with Crippen LogP contribution in [0.3, 0.4) is 0 Å². The fraction of sp³-hybridized carbons (Fsp3) is 0.591. The first-order valence-electron chi connectivity index (χ1n) is 10.5. The molecule has 0 atom stereocenters. The van der Waals surface area contributed by atoms with Crippen LogP contribution in [0, 0.1) is 6.92 Å². The van der Waals surface area contributed by atoms with Crippen LogP contribution < -0.4 is 10.1 Å². The molecule has 0 aliphatic carbocycles. The number of hydrogen-bond donors (Lipinski definition) is 1. The Labute approximate surface area is 177 Å². The molecule has 1 aromatic rings. The lowest BCUT2D eigenvalue weighted by Crippen LogP contribution is -2.54. The van der Waals surface area contributed by atoms with Gasteiger partial charge in [0.15, 0.2) is 0 Å². The van der Waals surface area contributed by atoms with Crippen LogP contribution in [0.4, 0.5) is 4.79 Å². The number of rotatable bonds is 2. The SMILES string of the molecule is Cc1ccc2c(c1)CN(C(=O)CN1C(=O)NC(C)(C)C1=O)CC1(CCN(C)CC1)O2. The van der Waals surface area contributed by atoms with E-state index in [0.29, 0.717) is 13.1 Å². The first-order chi connectivity index (χ1) is 14.1. The summed E-state index contributed by atoms with van der Waals surface area (Å²) in [5, 5.41) is 2.63. The number of benzene rings is 1. The second kappa shape index (κ2) is 7.27. The number of ether oxygens (including phenoxy) is 1. The van der Waals surface area contributed by atoms with Crippen molar-refractivity contribution in [2.75, 3.05) is 33.2 Å². The average molecular weight is 415 g/mol. The molecule has 1 N–H and O–H groups in total. The fourth-order valence-corrected chi connectivity index (χ4v) is 4.47. The Morgan fingerprint density at radius 3 is 2.53 bits per heavy atom. The van der Waals surface area contributed by atoms with E-state index in [-0.39, 0.29) is 18.4 Å². The van der Waals surface area contributed by atoms with E-state index >= 15 is 0 Å². The monoisotopic (exact) mass is 414 g/mol. The number of fused-ring (bicyclic) bond motifs is 1. The topological polar surface area (TPSA) is 82.2 Å². The lowest BCUT2D eigenvalue weighted by atomic mass is 9.90. The van der Waals surface area contributed by atoms with Crippen LogP contribution in [-0.4, -0.2) is 76.9 Å². The summed E-state index contributed by atoms with van der Waals surface area (Å²) in [6.45, 7) is 7.67. The highest BCUT2D eigenvalue weighted by Gasteiger charge is 2.46. The Morgan fingerprint density at radius 1 is 1.20 bits per heavy atom. The summed E-state index contributed by atoms with van der Waals surface area (Å²) in [7, 11) is 2.09. The number of carbonyl (C=O) groups excluding carboxylic acids is 3. The summed E-state index contributed by atoms with van der Waals surface area (Å²) in [5.74, 6) is 0.196. The molecule has 4 amide bonds. The Morgan fingerprint density at radius 2 is 1.90 bits per heavy atom. The molecular formula is C22H30N4O4. The van der Waals surface area contributed by atoms with Crippen LogP contribution >= 0.6 is 0 Å². The number of piperidine rings is 1. The number of carbonyl (C=O) groups is 3. The number of imide groups is 1. The van der Waals surface area contributed by atoms with Gasteiger partial charge in [0.1, 0.15) is 23.4 Å². The third kappa shape index (κ3) is 3.76. The summed E-state index contributed by atoms with van der Waals surface area (Å²) in [5.41, 5.74) is 0.605. The molecule has 8 heteroatoms. The number of urea groups is 1. The lowest BCUT2D eigenvalue weighted by Gasteiger charge is -2.41. The van der Waals surface area contributed by atoms with E-state index in [0.717, 1.165) is 47.7 Å². The minimum absolute atomic E-state index is 0.243. The molecule has 0 radical (unpaired) electrons. The summed E-state index contributed by atoms with van der Waals surface area (Å²) in [6, 6.07) is 5.53. The van der Waals surface area contributed by atoms with Crippen molar-refractivity contribution in [3.05, 3.63) is 29.3 Å². The quantitative estimate of drug-likeness (QED) is 0.742. The van der Waals surface area contributed by atoms with Gasteiger partial charge in [0, 0.05) is 38.0 Å². The van der Waals surface area contributed by atoms with Crippen LogP contribution in [0.1, 0.15) is 37.8 Å². The number of nitrogens with zero attached hydrogens (tertiary/aromatic N) is 3. The number of likely N-dealkylation sites (tertiary alicyclic amines) is 1. The molecule has 0 aromatic heterocycles. The van der Waals surface area contributed by atoms with Gasteiger partial charge >= 0.3 is 6.03 Å². The molecule has 30 heavy (non-hydrogen) atoms. The minimum atomic E-state index is -0.988. The normalized spacial score (nSPS) is 23.1. The predicted molar refractivity (Wildman–Crippen MR) is 111 cm³/mol. The lowest BCUT2D eigenvalue weighted by molar-refractivity contribution is -0.140. The summed E-state index contributed by atoms with van der Waals surface area (Å²) >= 11 is 0. The highest BCUT2D eigenvalue weighted by atomic mass is 16.5. The molecule has 4 rings (SSSR count). The smallest absolute Gasteiger partial charge is 0.325 e. The van der Waals surface area contributed by atoms with E-state index in [4.69, 9.17) is 4.74 Å². The standard InChI is InChI=1S/C22H30N4O4/c1-15-5-6-17-16(11-15)12-25(14-22(30-17)7-9-24(4)10-8-22)18(27)13-26-19(28)21(2,3)23-20(26)29/h5-6,11H,7-10,12-14H2,1-4H3,(H,23,29). The predicted octanol–water partition coefficient (Wildman–Crippen LogP) is 1.51. The van der Waals surface area contributed by atoms with Gasteiger partial charge in [-0.2, -0.15) is 0 Å². The zero-order chi connectivity index (χ0) is 21.7. The van der Waals surface area contributed by atoms with Crippen molar-refractivity contribution in [1.29, 1.82) is 0 Å². The number of amides is 4. The van der Waals surface area contributed by atoms with Crippen LogP contribution in [0.15, 0.2) is 18.2 Å². The summed E-state index contributed by atoms with van der Waals surface area (Å²) < 4.78 is 6.53. The number of hydrogen-bond acceptors (Lipinski definition) is 5. The van der Waals surface area contributed by atoms with Crippen LogP contribution in [0.5, 0.6) is 5.75 Å². The highest BCUT2D eigenvalue weighted by Crippen LogP contribution is 2.36. The maximum absolute atomic E-state index is 13.3. The van der Waals surface area contributed by atoms with Crippen molar-refractivity contribution in [2.45, 2.75) is 51.3 Å². The zero-order valence-electron chi connectivity index (χ0n) is 18.2. The molecule has 3 aliphatic heterocycles. The summed E-state index contributed by atoms with van der Waals surface area (Å²) in [4.78, 5) is 43.1. The molecule has 8 nitrogen and oxygen atoms in total. The molecule has 162 valence electrons. The van der Waals surface area contributed by atoms with Crippen LogP contribution in [0.25, 0.3) is 0 Å². The molecule has 2 saturated heterocycles. The van der Waals surface area contributed by atoms with E-state index in [1.807, 2.05) is 25.1 Å². The first-order valence-corrected chi connectivity index (χ1v) is 10.5. The molecule has 0 unspecified atom stereocenters. The van der Waals surface area contributed by atoms with Gasteiger partial charge in [-0.3, -0.25) is 14.5 Å². The minimum Gasteiger partial charge on any atom is -0.485 e. The Bertz CT molecular complexity index is 889. The van der Waals surface area contributed by atoms with Crippen molar-refractivity contribution < 1.29 is 19.1 Å². The van der Waals surface area contributed by atoms with Gasteiger partial charge in [0.25, 0.3) is 5.91 Å².